The largest absolute Gasteiger partial charge is 0.458 e. The number of hydrogen-bond acceptors (Lipinski definition) is 6. The minimum atomic E-state index is -1.98. The summed E-state index contributed by atoms with van der Waals surface area (Å²) in [5, 5.41) is 10.8. The van der Waals surface area contributed by atoms with Crippen molar-refractivity contribution >= 4 is 28.9 Å². The number of para-hydroxylation sites is 1. The number of likely N-dealkylation sites (N-methyl/N-ethyl adjacent to an activating group) is 1. The zero-order valence-corrected chi connectivity index (χ0v) is 16.4. The van der Waals surface area contributed by atoms with Crippen molar-refractivity contribution in [3.8, 4) is 0 Å². The topological polar surface area (TPSA) is 106 Å². The molecule has 8 heteroatoms. The summed E-state index contributed by atoms with van der Waals surface area (Å²) >= 11 is 0. The highest BCUT2D eigenvalue weighted by Crippen LogP contribution is 2.41. The van der Waals surface area contributed by atoms with E-state index in [-0.39, 0.29) is 53.4 Å². The first-order valence-electron chi connectivity index (χ1n) is 9.61. The van der Waals surface area contributed by atoms with Gasteiger partial charge < -0.3 is 19.3 Å². The van der Waals surface area contributed by atoms with Gasteiger partial charge in [-0.2, -0.15) is 0 Å². The number of allylic oxidation sites excluding steroid dienone is 1. The van der Waals surface area contributed by atoms with Gasteiger partial charge in [-0.05, 0) is 18.6 Å². The summed E-state index contributed by atoms with van der Waals surface area (Å²) in [4.78, 5) is 52.9. The van der Waals surface area contributed by atoms with Gasteiger partial charge in [0.05, 0.1) is 29.1 Å². The number of fused-ring (bicyclic) bond motifs is 3. The second-order valence-corrected chi connectivity index (χ2v) is 7.67. The van der Waals surface area contributed by atoms with Gasteiger partial charge in [-0.25, -0.2) is 4.79 Å². The minimum Gasteiger partial charge on any atom is -0.458 e. The number of cyclic esters (lactones) is 1. The summed E-state index contributed by atoms with van der Waals surface area (Å²) in [5.41, 5.74) is -0.331. The third-order valence-electron chi connectivity index (χ3n) is 6.22. The Hall–Kier alpha value is -3.52. The van der Waals surface area contributed by atoms with Crippen LogP contribution in [0.1, 0.15) is 40.5 Å². The fraction of sp³-hybridized carbons (Fsp3) is 0.273. The lowest BCUT2D eigenvalue weighted by atomic mass is 9.86. The molecule has 2 aromatic rings. The average molecular weight is 406 g/mol. The molecule has 1 aromatic heterocycles. The summed E-state index contributed by atoms with van der Waals surface area (Å²) in [6, 6.07) is 8.55. The molecule has 5 rings (SSSR count). The molecule has 0 aliphatic carbocycles. The van der Waals surface area contributed by atoms with E-state index in [1.807, 2.05) is 6.07 Å². The van der Waals surface area contributed by atoms with Crippen LogP contribution in [-0.2, 0) is 33.1 Å². The van der Waals surface area contributed by atoms with E-state index in [1.54, 1.807) is 32.2 Å². The quantitative estimate of drug-likeness (QED) is 0.562. The highest BCUT2D eigenvalue weighted by Gasteiger charge is 2.46. The van der Waals surface area contributed by atoms with Crippen LogP contribution in [0.3, 0.4) is 0 Å². The number of ketones is 1. The summed E-state index contributed by atoms with van der Waals surface area (Å²) < 4.78 is 6.31. The molecule has 8 nitrogen and oxygen atoms in total. The molecule has 1 aromatic carbocycles. The van der Waals surface area contributed by atoms with E-state index < -0.39 is 22.9 Å². The third kappa shape index (κ3) is 2.14. The summed E-state index contributed by atoms with van der Waals surface area (Å²) in [5.74, 6) is -1.61. The Kier molecular flexibility index (Phi) is 3.70. The second-order valence-electron chi connectivity index (χ2n) is 7.67. The zero-order chi connectivity index (χ0) is 21.4. The second kappa shape index (κ2) is 5.99. The summed E-state index contributed by atoms with van der Waals surface area (Å²) in [7, 11) is 1.64. The first kappa shape index (κ1) is 18.5. The van der Waals surface area contributed by atoms with Crippen LogP contribution in [0.2, 0.25) is 0 Å². The highest BCUT2D eigenvalue weighted by atomic mass is 16.6. The molecule has 1 N–H and O–H groups in total. The molecule has 1 unspecified atom stereocenters. The predicted molar refractivity (Wildman–Crippen MR) is 106 cm³/mol. The Bertz CT molecular complexity index is 1270. The smallest absolute Gasteiger partial charge is 0.343 e. The van der Waals surface area contributed by atoms with E-state index in [0.717, 1.165) is 0 Å². The van der Waals surface area contributed by atoms with Crippen LogP contribution < -0.4 is 10.5 Å². The van der Waals surface area contributed by atoms with E-state index in [4.69, 9.17) is 4.74 Å². The van der Waals surface area contributed by atoms with E-state index >= 15 is 0 Å². The van der Waals surface area contributed by atoms with Gasteiger partial charge in [-0.1, -0.05) is 25.1 Å². The van der Waals surface area contributed by atoms with E-state index in [9.17, 15) is 24.3 Å². The molecule has 0 spiro atoms. The van der Waals surface area contributed by atoms with Crippen LogP contribution in [0.25, 0.3) is 5.57 Å². The van der Waals surface area contributed by atoms with Crippen molar-refractivity contribution in [2.75, 3.05) is 11.9 Å². The number of rotatable bonds is 1. The van der Waals surface area contributed by atoms with Gasteiger partial charge in [-0.15, -0.1) is 0 Å². The molecular formula is C22H18N2O6. The van der Waals surface area contributed by atoms with Crippen molar-refractivity contribution in [3.63, 3.8) is 0 Å². The Morgan fingerprint density at radius 3 is 2.63 bits per heavy atom. The van der Waals surface area contributed by atoms with Crippen molar-refractivity contribution in [1.82, 2.24) is 4.57 Å². The van der Waals surface area contributed by atoms with Crippen molar-refractivity contribution in [2.45, 2.75) is 32.1 Å². The lowest BCUT2D eigenvalue weighted by molar-refractivity contribution is -0.172. The number of anilines is 1. The van der Waals surface area contributed by atoms with Crippen LogP contribution in [0, 0.1) is 0 Å². The Morgan fingerprint density at radius 2 is 1.90 bits per heavy atom. The van der Waals surface area contributed by atoms with Gasteiger partial charge in [0.2, 0.25) is 5.78 Å². The molecule has 0 bridgehead atoms. The first-order chi connectivity index (χ1) is 14.3. The predicted octanol–water partition coefficient (Wildman–Crippen LogP) is 1.13. The normalized spacial score (nSPS) is 24.6. The van der Waals surface area contributed by atoms with E-state index in [2.05, 4.69) is 0 Å². The van der Waals surface area contributed by atoms with E-state index in [1.165, 1.54) is 15.5 Å². The number of pyridine rings is 1. The molecule has 0 saturated heterocycles. The molecule has 30 heavy (non-hydrogen) atoms. The average Bonchev–Trinajstić information content (AvgIpc) is 3.20. The number of hydrogen-bond donors (Lipinski definition) is 1. The molecule has 3 aliphatic rings. The van der Waals surface area contributed by atoms with Gasteiger partial charge >= 0.3 is 5.97 Å². The number of ether oxygens (including phenoxy) is 1. The zero-order valence-electron chi connectivity index (χ0n) is 16.4. The lowest BCUT2D eigenvalue weighted by Crippen LogP contribution is -2.44. The first-order valence-corrected chi connectivity index (χ1v) is 9.61. The summed E-state index contributed by atoms with van der Waals surface area (Å²) in [6.45, 7) is 1.28. The van der Waals surface area contributed by atoms with Gasteiger partial charge in [-0.3, -0.25) is 14.4 Å². The van der Waals surface area contributed by atoms with Crippen LogP contribution in [0.4, 0.5) is 5.69 Å². The van der Waals surface area contributed by atoms with Crippen molar-refractivity contribution in [2.24, 2.45) is 0 Å². The highest BCUT2D eigenvalue weighted by molar-refractivity contribution is 6.37. The van der Waals surface area contributed by atoms with Gasteiger partial charge in [0.25, 0.3) is 11.5 Å². The van der Waals surface area contributed by atoms with Gasteiger partial charge in [0, 0.05) is 23.7 Å². The maximum atomic E-state index is 13.3. The Labute approximate surface area is 171 Å². The fourth-order valence-electron chi connectivity index (χ4n) is 4.48. The number of aromatic nitrogens is 1. The molecule has 0 saturated carbocycles. The van der Waals surface area contributed by atoms with Gasteiger partial charge in [0.15, 0.2) is 5.60 Å². The molecule has 1 atom stereocenters. The standard InChI is InChI=1S/C22H18N2O6/c1-3-22(29)14-8-16-18(25)12(9-24(16)19(26)13(14)10-30-21(22)28)17-11-6-4-5-7-15(11)23(2)20(17)27/h4-8,29H,3,9-10H2,1-2H3/b17-12+. The van der Waals surface area contributed by atoms with Crippen molar-refractivity contribution < 1.29 is 24.2 Å². The number of esters is 1. The number of carbonyl (C=O) groups excluding carboxylic acids is 3. The molecule has 1 amide bonds. The molecular weight excluding hydrogens is 388 g/mol. The minimum absolute atomic E-state index is 0.000515. The number of aliphatic hydroxyl groups is 1. The Balaban J connectivity index is 1.74. The molecule has 4 heterocycles. The number of amides is 1. The fourth-order valence-corrected chi connectivity index (χ4v) is 4.48. The maximum absolute atomic E-state index is 13.3. The van der Waals surface area contributed by atoms with Crippen molar-refractivity contribution in [3.05, 3.63) is 68.6 Å². The maximum Gasteiger partial charge on any atom is 0.343 e. The third-order valence-corrected chi connectivity index (χ3v) is 6.22. The van der Waals surface area contributed by atoms with Crippen LogP contribution in [-0.4, -0.2) is 34.4 Å². The number of benzene rings is 1. The van der Waals surface area contributed by atoms with Crippen LogP contribution in [0.15, 0.2) is 40.7 Å². The molecule has 0 radical (unpaired) electrons. The molecule has 152 valence electrons. The van der Waals surface area contributed by atoms with Gasteiger partial charge in [0.1, 0.15) is 6.61 Å². The lowest BCUT2D eigenvalue weighted by Gasteiger charge is -2.31. The van der Waals surface area contributed by atoms with E-state index in [0.29, 0.717) is 11.3 Å². The van der Waals surface area contributed by atoms with Crippen LogP contribution >= 0.6 is 0 Å². The molecule has 0 fully saturated rings. The monoisotopic (exact) mass is 406 g/mol. The number of Topliss-reactive ketones (excluding diaryl/α,β-unsaturated/α-hetero) is 1. The number of nitrogens with zero attached hydrogens (tertiary/aromatic N) is 2. The molecule has 3 aliphatic heterocycles. The Morgan fingerprint density at radius 1 is 1.17 bits per heavy atom. The number of carbonyl (C=O) groups is 3. The van der Waals surface area contributed by atoms with Crippen molar-refractivity contribution in [1.29, 1.82) is 0 Å². The summed E-state index contributed by atoms with van der Waals surface area (Å²) in [6.07, 6.45) is 0.000515. The van der Waals surface area contributed by atoms with Crippen LogP contribution in [0.5, 0.6) is 0 Å². The SMILES string of the molecule is CCC1(O)C(=O)OCc2c1cc1n(c2=O)C/C(=C2\C(=O)N(C)c3ccccc32)C1=O.